The van der Waals surface area contributed by atoms with Crippen LogP contribution in [0.25, 0.3) is 5.65 Å². The number of hydrogen-bond donors (Lipinski definition) is 0. The molecule has 0 saturated heterocycles. The standard InChI is InChI=1S/C14H11BrN4/c15-12-9-18-8-6-16-13(18)14(17-12)19-7-5-10-3-1-2-4-11(10)19/h1-4,6,8-9H,5,7H2. The van der Waals surface area contributed by atoms with Crippen molar-refractivity contribution in [3.8, 4) is 0 Å². The Labute approximate surface area is 118 Å². The van der Waals surface area contributed by atoms with Crippen LogP contribution in [-0.2, 0) is 6.42 Å². The van der Waals surface area contributed by atoms with Crippen LogP contribution >= 0.6 is 15.9 Å². The van der Waals surface area contributed by atoms with Crippen molar-refractivity contribution >= 4 is 33.1 Å². The fourth-order valence-electron chi connectivity index (χ4n) is 2.62. The smallest absolute Gasteiger partial charge is 0.180 e. The first-order chi connectivity index (χ1) is 9.33. The number of aromatic nitrogens is 3. The normalized spacial score (nSPS) is 14.1. The Morgan fingerprint density at radius 3 is 3.05 bits per heavy atom. The van der Waals surface area contributed by atoms with E-state index in [1.807, 2.05) is 16.8 Å². The van der Waals surface area contributed by atoms with Gasteiger partial charge >= 0.3 is 0 Å². The average Bonchev–Trinajstić information content (AvgIpc) is 3.03. The van der Waals surface area contributed by atoms with E-state index in [1.165, 1.54) is 11.3 Å². The van der Waals surface area contributed by atoms with Crippen molar-refractivity contribution in [3.63, 3.8) is 0 Å². The number of para-hydroxylation sites is 1. The van der Waals surface area contributed by atoms with E-state index < -0.39 is 0 Å². The summed E-state index contributed by atoms with van der Waals surface area (Å²) in [6, 6.07) is 8.47. The zero-order valence-electron chi connectivity index (χ0n) is 10.1. The molecule has 1 aliphatic heterocycles. The molecule has 0 fully saturated rings. The van der Waals surface area contributed by atoms with Crippen LogP contribution in [0.1, 0.15) is 5.56 Å². The van der Waals surface area contributed by atoms with Crippen LogP contribution in [-0.4, -0.2) is 20.9 Å². The predicted molar refractivity (Wildman–Crippen MR) is 77.8 cm³/mol. The molecule has 2 aromatic heterocycles. The molecular weight excluding hydrogens is 304 g/mol. The quantitative estimate of drug-likeness (QED) is 0.691. The van der Waals surface area contributed by atoms with Gasteiger partial charge in [0.1, 0.15) is 4.60 Å². The molecule has 1 aliphatic rings. The summed E-state index contributed by atoms with van der Waals surface area (Å²) in [6.07, 6.45) is 6.72. The molecule has 0 N–H and O–H groups in total. The lowest BCUT2D eigenvalue weighted by atomic mass is 10.2. The Hall–Kier alpha value is -1.88. The van der Waals surface area contributed by atoms with E-state index in [1.54, 1.807) is 6.20 Å². The topological polar surface area (TPSA) is 33.4 Å². The summed E-state index contributed by atoms with van der Waals surface area (Å²) < 4.78 is 2.81. The van der Waals surface area contributed by atoms with E-state index >= 15 is 0 Å². The van der Waals surface area contributed by atoms with E-state index in [0.29, 0.717) is 0 Å². The summed E-state index contributed by atoms with van der Waals surface area (Å²) in [7, 11) is 0. The third-order valence-corrected chi connectivity index (χ3v) is 3.85. The lowest BCUT2D eigenvalue weighted by molar-refractivity contribution is 0.957. The monoisotopic (exact) mass is 314 g/mol. The maximum absolute atomic E-state index is 4.61. The van der Waals surface area contributed by atoms with Gasteiger partial charge in [-0.1, -0.05) is 18.2 Å². The minimum atomic E-state index is 0.817. The van der Waals surface area contributed by atoms with E-state index in [-0.39, 0.29) is 0 Å². The Morgan fingerprint density at radius 2 is 2.11 bits per heavy atom. The number of halogens is 1. The molecule has 3 heterocycles. The van der Waals surface area contributed by atoms with Crippen LogP contribution in [0.4, 0.5) is 11.5 Å². The Balaban J connectivity index is 1.94. The van der Waals surface area contributed by atoms with Gasteiger partial charge in [0.2, 0.25) is 0 Å². The van der Waals surface area contributed by atoms with Gasteiger partial charge in [-0.2, -0.15) is 0 Å². The van der Waals surface area contributed by atoms with Crippen molar-refractivity contribution in [2.75, 3.05) is 11.4 Å². The van der Waals surface area contributed by atoms with Crippen molar-refractivity contribution in [1.29, 1.82) is 0 Å². The van der Waals surface area contributed by atoms with Gasteiger partial charge in [0, 0.05) is 30.8 Å². The highest BCUT2D eigenvalue weighted by Gasteiger charge is 2.23. The molecule has 5 heteroatoms. The summed E-state index contributed by atoms with van der Waals surface area (Å²) in [5, 5.41) is 0. The van der Waals surface area contributed by atoms with Gasteiger partial charge in [-0.25, -0.2) is 9.97 Å². The molecule has 4 nitrogen and oxygen atoms in total. The fraction of sp³-hybridized carbons (Fsp3) is 0.143. The first kappa shape index (κ1) is 11.0. The average molecular weight is 315 g/mol. The number of rotatable bonds is 1. The van der Waals surface area contributed by atoms with E-state index in [2.05, 4.69) is 55.1 Å². The molecule has 1 aromatic carbocycles. The van der Waals surface area contributed by atoms with Crippen LogP contribution in [0.2, 0.25) is 0 Å². The molecule has 0 unspecified atom stereocenters. The zero-order chi connectivity index (χ0) is 12.8. The second-order valence-electron chi connectivity index (χ2n) is 4.58. The molecular formula is C14H11BrN4. The summed E-state index contributed by atoms with van der Waals surface area (Å²) in [5.74, 6) is 0.907. The largest absolute Gasteiger partial charge is 0.323 e. The predicted octanol–water partition coefficient (Wildman–Crippen LogP) is 3.19. The van der Waals surface area contributed by atoms with Gasteiger partial charge in [0.15, 0.2) is 11.5 Å². The summed E-state index contributed by atoms with van der Waals surface area (Å²) in [4.78, 5) is 11.3. The fourth-order valence-corrected chi connectivity index (χ4v) is 3.01. The SMILES string of the molecule is Brc1cn2ccnc2c(N2CCc3ccccc32)n1. The van der Waals surface area contributed by atoms with Crippen LogP contribution < -0.4 is 4.90 Å². The number of fused-ring (bicyclic) bond motifs is 2. The molecule has 4 rings (SSSR count). The summed E-state index contributed by atoms with van der Waals surface area (Å²) in [5.41, 5.74) is 3.49. The molecule has 0 aliphatic carbocycles. The third kappa shape index (κ3) is 1.65. The van der Waals surface area contributed by atoms with Crippen molar-refractivity contribution in [2.45, 2.75) is 6.42 Å². The minimum Gasteiger partial charge on any atom is -0.323 e. The number of nitrogens with zero attached hydrogens (tertiary/aromatic N) is 4. The summed E-state index contributed by atoms with van der Waals surface area (Å²) in [6.45, 7) is 0.950. The van der Waals surface area contributed by atoms with Crippen LogP contribution in [0.3, 0.4) is 0 Å². The minimum absolute atomic E-state index is 0.817. The van der Waals surface area contributed by atoms with Gasteiger partial charge in [-0.15, -0.1) is 0 Å². The lowest BCUT2D eigenvalue weighted by Gasteiger charge is -2.19. The van der Waals surface area contributed by atoms with Crippen LogP contribution in [0, 0.1) is 0 Å². The molecule has 94 valence electrons. The maximum Gasteiger partial charge on any atom is 0.180 e. The number of imidazole rings is 1. The molecule has 0 spiro atoms. The van der Waals surface area contributed by atoms with Crippen LogP contribution in [0.15, 0.2) is 47.5 Å². The van der Waals surface area contributed by atoms with Gasteiger partial charge in [0.05, 0.1) is 0 Å². The lowest BCUT2D eigenvalue weighted by Crippen LogP contribution is -2.16. The number of anilines is 2. The molecule has 0 amide bonds. The van der Waals surface area contributed by atoms with Crippen molar-refractivity contribution in [1.82, 2.24) is 14.4 Å². The van der Waals surface area contributed by atoms with Crippen molar-refractivity contribution < 1.29 is 0 Å². The van der Waals surface area contributed by atoms with Gasteiger partial charge in [0.25, 0.3) is 0 Å². The van der Waals surface area contributed by atoms with E-state index in [0.717, 1.165) is 29.0 Å². The molecule has 0 bridgehead atoms. The highest BCUT2D eigenvalue weighted by Crippen LogP contribution is 2.35. The molecule has 0 radical (unpaired) electrons. The molecule has 0 saturated carbocycles. The Morgan fingerprint density at radius 1 is 1.21 bits per heavy atom. The Bertz CT molecular complexity index is 765. The number of benzene rings is 1. The second-order valence-corrected chi connectivity index (χ2v) is 5.39. The van der Waals surface area contributed by atoms with Crippen molar-refractivity contribution in [3.05, 3.63) is 53.0 Å². The highest BCUT2D eigenvalue weighted by atomic mass is 79.9. The van der Waals surface area contributed by atoms with Crippen molar-refractivity contribution in [2.24, 2.45) is 0 Å². The zero-order valence-corrected chi connectivity index (χ0v) is 11.7. The Kier molecular flexibility index (Phi) is 2.35. The van der Waals surface area contributed by atoms with Gasteiger partial charge in [-0.05, 0) is 34.0 Å². The molecule has 19 heavy (non-hydrogen) atoms. The molecule has 0 atom stereocenters. The second kappa shape index (κ2) is 4.06. The first-order valence-corrected chi connectivity index (χ1v) is 6.97. The number of hydrogen-bond acceptors (Lipinski definition) is 3. The first-order valence-electron chi connectivity index (χ1n) is 6.17. The van der Waals surface area contributed by atoms with Gasteiger partial charge < -0.3 is 9.30 Å². The maximum atomic E-state index is 4.61. The van der Waals surface area contributed by atoms with Gasteiger partial charge in [-0.3, -0.25) is 0 Å². The van der Waals surface area contributed by atoms with E-state index in [9.17, 15) is 0 Å². The van der Waals surface area contributed by atoms with Crippen LogP contribution in [0.5, 0.6) is 0 Å². The highest BCUT2D eigenvalue weighted by molar-refractivity contribution is 9.10. The summed E-state index contributed by atoms with van der Waals surface area (Å²) >= 11 is 3.47. The molecule has 3 aromatic rings. The van der Waals surface area contributed by atoms with E-state index in [4.69, 9.17) is 0 Å². The third-order valence-electron chi connectivity index (χ3n) is 3.47.